The van der Waals surface area contributed by atoms with Crippen molar-refractivity contribution in [3.8, 4) is 0 Å². The van der Waals surface area contributed by atoms with E-state index in [1.165, 1.54) is 5.75 Å². The van der Waals surface area contributed by atoms with Crippen molar-refractivity contribution in [3.63, 3.8) is 0 Å². The molecular weight excluding hydrogens is 164 g/mol. The average Bonchev–Trinajstić information content (AvgIpc) is 2.03. The zero-order chi connectivity index (χ0) is 8.10. The summed E-state index contributed by atoms with van der Waals surface area (Å²) in [5.74, 6) is 1.26. The van der Waals surface area contributed by atoms with E-state index in [0.717, 1.165) is 18.6 Å². The number of hydrogen-bond donors (Lipinski definition) is 1. The predicted molar refractivity (Wildman–Crippen MR) is 43.9 cm³/mol. The van der Waals surface area contributed by atoms with Crippen LogP contribution >= 0.6 is 11.8 Å². The summed E-state index contributed by atoms with van der Waals surface area (Å²) in [7, 11) is 0. The maximum atomic E-state index is 10.1. The Kier molecular flexibility index (Phi) is 3.72. The van der Waals surface area contributed by atoms with E-state index in [4.69, 9.17) is 9.84 Å². The van der Waals surface area contributed by atoms with Crippen molar-refractivity contribution < 1.29 is 14.6 Å². The molecule has 0 aliphatic carbocycles. The lowest BCUT2D eigenvalue weighted by molar-refractivity contribution is -0.144. The van der Waals surface area contributed by atoms with Crippen LogP contribution in [0.2, 0.25) is 0 Å². The second-order valence-corrected chi connectivity index (χ2v) is 3.69. The SMILES string of the molecule is O=C(O)COC1CCCSC1. The molecule has 1 fully saturated rings. The smallest absolute Gasteiger partial charge is 0.329 e. The number of aliphatic carboxylic acids is 1. The summed E-state index contributed by atoms with van der Waals surface area (Å²) in [4.78, 5) is 10.1. The minimum atomic E-state index is -0.874. The molecule has 1 N–H and O–H groups in total. The summed E-state index contributed by atoms with van der Waals surface area (Å²) in [6.07, 6.45) is 2.33. The van der Waals surface area contributed by atoms with Gasteiger partial charge < -0.3 is 9.84 Å². The second-order valence-electron chi connectivity index (χ2n) is 2.54. The van der Waals surface area contributed by atoms with Gasteiger partial charge in [-0.15, -0.1) is 0 Å². The van der Waals surface area contributed by atoms with Crippen molar-refractivity contribution >= 4 is 17.7 Å². The molecule has 0 radical (unpaired) electrons. The number of rotatable bonds is 3. The van der Waals surface area contributed by atoms with E-state index in [9.17, 15) is 4.79 Å². The Morgan fingerprint density at radius 1 is 1.73 bits per heavy atom. The number of carboxylic acid groups (broad SMARTS) is 1. The maximum Gasteiger partial charge on any atom is 0.329 e. The molecule has 1 aliphatic heterocycles. The van der Waals surface area contributed by atoms with Crippen molar-refractivity contribution in [2.24, 2.45) is 0 Å². The van der Waals surface area contributed by atoms with Crippen LogP contribution in [0.25, 0.3) is 0 Å². The molecule has 0 aromatic carbocycles. The highest BCUT2D eigenvalue weighted by molar-refractivity contribution is 7.99. The Morgan fingerprint density at radius 3 is 3.09 bits per heavy atom. The van der Waals surface area contributed by atoms with Gasteiger partial charge in [-0.3, -0.25) is 0 Å². The molecule has 1 aliphatic rings. The summed E-state index contributed by atoms with van der Waals surface area (Å²) < 4.78 is 5.12. The van der Waals surface area contributed by atoms with Crippen molar-refractivity contribution in [3.05, 3.63) is 0 Å². The van der Waals surface area contributed by atoms with Gasteiger partial charge in [0.25, 0.3) is 0 Å². The van der Waals surface area contributed by atoms with Gasteiger partial charge in [0.15, 0.2) is 0 Å². The lowest BCUT2D eigenvalue weighted by atomic mass is 10.2. The molecule has 0 aromatic heterocycles. The van der Waals surface area contributed by atoms with Crippen LogP contribution < -0.4 is 0 Å². The molecule has 0 spiro atoms. The van der Waals surface area contributed by atoms with Crippen LogP contribution in [-0.4, -0.2) is 35.3 Å². The molecule has 0 saturated carbocycles. The van der Waals surface area contributed by atoms with Crippen LogP contribution in [0.15, 0.2) is 0 Å². The fourth-order valence-corrected chi connectivity index (χ4v) is 2.10. The Morgan fingerprint density at radius 2 is 2.55 bits per heavy atom. The molecular formula is C7H12O3S. The summed E-state index contributed by atoms with van der Waals surface area (Å²) in [6, 6.07) is 0. The zero-order valence-electron chi connectivity index (χ0n) is 6.28. The first kappa shape index (κ1) is 8.87. The Balaban J connectivity index is 2.09. The Bertz CT molecular complexity index is 132. The number of carboxylic acids is 1. The molecule has 11 heavy (non-hydrogen) atoms. The molecule has 1 atom stereocenters. The van der Waals surface area contributed by atoms with Gasteiger partial charge in [-0.05, 0) is 18.6 Å². The second kappa shape index (κ2) is 4.62. The summed E-state index contributed by atoms with van der Waals surface area (Å²) >= 11 is 1.84. The molecule has 1 unspecified atom stereocenters. The van der Waals surface area contributed by atoms with Crippen LogP contribution in [0.1, 0.15) is 12.8 Å². The molecule has 0 bridgehead atoms. The molecule has 0 aromatic rings. The monoisotopic (exact) mass is 176 g/mol. The van der Waals surface area contributed by atoms with Gasteiger partial charge in [-0.1, -0.05) is 0 Å². The molecule has 3 nitrogen and oxygen atoms in total. The fourth-order valence-electron chi connectivity index (χ4n) is 1.03. The fraction of sp³-hybridized carbons (Fsp3) is 0.857. The van der Waals surface area contributed by atoms with E-state index < -0.39 is 5.97 Å². The normalized spacial score (nSPS) is 24.9. The Hall–Kier alpha value is -0.220. The van der Waals surface area contributed by atoms with Crippen LogP contribution in [-0.2, 0) is 9.53 Å². The Labute approximate surface area is 70.1 Å². The van der Waals surface area contributed by atoms with Crippen LogP contribution in [0, 0.1) is 0 Å². The van der Waals surface area contributed by atoms with Gasteiger partial charge in [0.05, 0.1) is 6.10 Å². The topological polar surface area (TPSA) is 46.5 Å². The third-order valence-electron chi connectivity index (χ3n) is 1.56. The molecule has 0 amide bonds. The zero-order valence-corrected chi connectivity index (χ0v) is 7.10. The minimum Gasteiger partial charge on any atom is -0.480 e. The third kappa shape index (κ3) is 3.62. The highest BCUT2D eigenvalue weighted by Crippen LogP contribution is 2.19. The van der Waals surface area contributed by atoms with E-state index in [0.29, 0.717) is 0 Å². The van der Waals surface area contributed by atoms with Crippen molar-refractivity contribution in [1.29, 1.82) is 0 Å². The number of hydrogen-bond acceptors (Lipinski definition) is 3. The van der Waals surface area contributed by atoms with Crippen molar-refractivity contribution in [2.45, 2.75) is 18.9 Å². The highest BCUT2D eigenvalue weighted by Gasteiger charge is 2.14. The molecule has 1 saturated heterocycles. The van der Waals surface area contributed by atoms with Crippen LogP contribution in [0.5, 0.6) is 0 Å². The standard InChI is InChI=1S/C7H12O3S/c8-7(9)4-10-6-2-1-3-11-5-6/h6H,1-5H2,(H,8,9). The van der Waals surface area contributed by atoms with E-state index in [1.807, 2.05) is 11.8 Å². The van der Waals surface area contributed by atoms with E-state index in [1.54, 1.807) is 0 Å². The first-order valence-corrected chi connectivity index (χ1v) is 4.85. The number of thioether (sulfide) groups is 1. The van der Waals surface area contributed by atoms with Gasteiger partial charge >= 0.3 is 5.97 Å². The van der Waals surface area contributed by atoms with Gasteiger partial charge in [0.2, 0.25) is 0 Å². The molecule has 1 heterocycles. The summed E-state index contributed by atoms with van der Waals surface area (Å²) in [5, 5.41) is 8.31. The van der Waals surface area contributed by atoms with Crippen LogP contribution in [0.3, 0.4) is 0 Å². The van der Waals surface area contributed by atoms with Crippen molar-refractivity contribution in [2.75, 3.05) is 18.1 Å². The first-order chi connectivity index (χ1) is 5.29. The van der Waals surface area contributed by atoms with E-state index >= 15 is 0 Å². The van der Waals surface area contributed by atoms with E-state index in [2.05, 4.69) is 0 Å². The third-order valence-corrected chi connectivity index (χ3v) is 2.75. The van der Waals surface area contributed by atoms with Gasteiger partial charge in [-0.2, -0.15) is 11.8 Å². The molecule has 4 heteroatoms. The maximum absolute atomic E-state index is 10.1. The van der Waals surface area contributed by atoms with E-state index in [-0.39, 0.29) is 12.7 Å². The van der Waals surface area contributed by atoms with Crippen LogP contribution in [0.4, 0.5) is 0 Å². The number of ether oxygens (including phenoxy) is 1. The van der Waals surface area contributed by atoms with Gasteiger partial charge in [0.1, 0.15) is 6.61 Å². The predicted octanol–water partition coefficient (Wildman–Crippen LogP) is 0.983. The minimum absolute atomic E-state index is 0.148. The van der Waals surface area contributed by atoms with Crippen molar-refractivity contribution in [1.82, 2.24) is 0 Å². The largest absolute Gasteiger partial charge is 0.480 e. The van der Waals surface area contributed by atoms with Gasteiger partial charge in [0, 0.05) is 5.75 Å². The summed E-state index contributed by atoms with van der Waals surface area (Å²) in [5.41, 5.74) is 0. The highest BCUT2D eigenvalue weighted by atomic mass is 32.2. The lowest BCUT2D eigenvalue weighted by Crippen LogP contribution is -2.23. The molecule has 1 rings (SSSR count). The van der Waals surface area contributed by atoms with Gasteiger partial charge in [-0.25, -0.2) is 4.79 Å². The molecule has 64 valence electrons. The average molecular weight is 176 g/mol. The lowest BCUT2D eigenvalue weighted by Gasteiger charge is -2.20. The summed E-state index contributed by atoms with van der Waals surface area (Å²) in [6.45, 7) is -0.148. The quantitative estimate of drug-likeness (QED) is 0.696. The number of carbonyl (C=O) groups is 1. The first-order valence-electron chi connectivity index (χ1n) is 3.70.